The highest BCUT2D eigenvalue weighted by molar-refractivity contribution is 8.00. The van der Waals surface area contributed by atoms with Gasteiger partial charge in [0.15, 0.2) is 0 Å². The normalized spacial score (nSPS) is 21.6. The van der Waals surface area contributed by atoms with Crippen LogP contribution in [0, 0.1) is 0 Å². The maximum atomic E-state index is 12.5. The molecular weight excluding hydrogens is 328 g/mol. The summed E-state index contributed by atoms with van der Waals surface area (Å²) in [5.41, 5.74) is 8.71. The van der Waals surface area contributed by atoms with Gasteiger partial charge in [0.1, 0.15) is 5.25 Å². The van der Waals surface area contributed by atoms with Crippen molar-refractivity contribution in [2.75, 3.05) is 12.3 Å². The molecule has 0 bridgehead atoms. The molecule has 0 aromatic heterocycles. The molecule has 5 heteroatoms. The van der Waals surface area contributed by atoms with Crippen molar-refractivity contribution in [1.82, 2.24) is 5.32 Å². The van der Waals surface area contributed by atoms with Crippen molar-refractivity contribution in [2.45, 2.75) is 17.7 Å². The van der Waals surface area contributed by atoms with E-state index in [4.69, 9.17) is 17.3 Å². The fourth-order valence-electron chi connectivity index (χ4n) is 2.74. The van der Waals surface area contributed by atoms with Gasteiger partial charge in [0.05, 0.1) is 0 Å². The van der Waals surface area contributed by atoms with Crippen molar-refractivity contribution in [3.8, 4) is 11.1 Å². The number of carbonyl (C=O) groups excluding carboxylic acids is 1. The smallest absolute Gasteiger partial charge is 0.237 e. The van der Waals surface area contributed by atoms with Crippen molar-refractivity contribution in [2.24, 2.45) is 5.73 Å². The predicted octanol–water partition coefficient (Wildman–Crippen LogP) is 3.63. The maximum Gasteiger partial charge on any atom is 0.237 e. The van der Waals surface area contributed by atoms with Gasteiger partial charge < -0.3 is 11.1 Å². The van der Waals surface area contributed by atoms with Gasteiger partial charge in [-0.2, -0.15) is 0 Å². The van der Waals surface area contributed by atoms with Crippen LogP contribution in [0.1, 0.15) is 17.2 Å². The van der Waals surface area contributed by atoms with Gasteiger partial charge in [-0.15, -0.1) is 11.8 Å². The first-order valence-electron chi connectivity index (χ1n) is 7.66. The topological polar surface area (TPSA) is 55.1 Å². The van der Waals surface area contributed by atoms with Crippen LogP contribution in [0.3, 0.4) is 0 Å². The van der Waals surface area contributed by atoms with Crippen molar-refractivity contribution in [3.63, 3.8) is 0 Å². The summed E-state index contributed by atoms with van der Waals surface area (Å²) >= 11 is 7.96. The Kier molecular flexibility index (Phi) is 5.26. The van der Waals surface area contributed by atoms with Crippen molar-refractivity contribution >= 4 is 29.3 Å². The molecular formula is C18H19ClN2OS. The summed E-state index contributed by atoms with van der Waals surface area (Å²) in [7, 11) is 0. The maximum absolute atomic E-state index is 12.5. The number of thioether (sulfide) groups is 1. The lowest BCUT2D eigenvalue weighted by Crippen LogP contribution is -2.40. The molecule has 1 fully saturated rings. The minimum Gasteiger partial charge on any atom is -0.351 e. The SMILES string of the molecule is NC[C@@H]1CCS[C@H](c2cccc(-c3ccccc3Cl)c2)C(=O)N1. The van der Waals surface area contributed by atoms with Gasteiger partial charge in [0.25, 0.3) is 0 Å². The van der Waals surface area contributed by atoms with E-state index in [0.717, 1.165) is 28.9 Å². The molecule has 1 heterocycles. The molecule has 1 aliphatic heterocycles. The van der Waals surface area contributed by atoms with Gasteiger partial charge in [0, 0.05) is 23.2 Å². The van der Waals surface area contributed by atoms with Crippen LogP contribution in [0.5, 0.6) is 0 Å². The van der Waals surface area contributed by atoms with E-state index in [1.165, 1.54) is 0 Å². The third-order valence-corrected chi connectivity index (χ3v) is 5.61. The second-order valence-electron chi connectivity index (χ2n) is 5.59. The summed E-state index contributed by atoms with van der Waals surface area (Å²) in [6, 6.07) is 15.9. The van der Waals surface area contributed by atoms with Gasteiger partial charge in [-0.3, -0.25) is 4.79 Å². The molecule has 0 unspecified atom stereocenters. The molecule has 1 aliphatic rings. The lowest BCUT2D eigenvalue weighted by atomic mass is 10.0. The number of hydrogen-bond donors (Lipinski definition) is 2. The number of rotatable bonds is 3. The molecule has 2 aromatic rings. The molecule has 120 valence electrons. The monoisotopic (exact) mass is 346 g/mol. The molecule has 2 atom stereocenters. The summed E-state index contributed by atoms with van der Waals surface area (Å²) in [5, 5.41) is 3.55. The zero-order chi connectivity index (χ0) is 16.2. The van der Waals surface area contributed by atoms with Gasteiger partial charge in [-0.05, 0) is 35.4 Å². The van der Waals surface area contributed by atoms with Gasteiger partial charge in [-0.1, -0.05) is 48.0 Å². The molecule has 0 spiro atoms. The molecule has 3 nitrogen and oxygen atoms in total. The molecule has 0 radical (unpaired) electrons. The van der Waals surface area contributed by atoms with E-state index in [1.54, 1.807) is 11.8 Å². The van der Waals surface area contributed by atoms with E-state index < -0.39 is 0 Å². The fourth-order valence-corrected chi connectivity index (χ4v) is 4.20. The van der Waals surface area contributed by atoms with E-state index >= 15 is 0 Å². The third-order valence-electron chi connectivity index (χ3n) is 3.99. The summed E-state index contributed by atoms with van der Waals surface area (Å²) in [4.78, 5) is 12.5. The zero-order valence-electron chi connectivity index (χ0n) is 12.7. The Labute approximate surface area is 145 Å². The first kappa shape index (κ1) is 16.4. The van der Waals surface area contributed by atoms with Crippen molar-refractivity contribution in [3.05, 3.63) is 59.1 Å². The minimum atomic E-state index is -0.200. The van der Waals surface area contributed by atoms with Gasteiger partial charge in [0.2, 0.25) is 5.91 Å². The second kappa shape index (κ2) is 7.39. The Balaban J connectivity index is 1.90. The van der Waals surface area contributed by atoms with E-state index in [9.17, 15) is 4.79 Å². The number of carbonyl (C=O) groups is 1. The summed E-state index contributed by atoms with van der Waals surface area (Å²) in [6.45, 7) is 0.485. The van der Waals surface area contributed by atoms with Crippen LogP contribution in [0.15, 0.2) is 48.5 Å². The number of amides is 1. The Morgan fingerprint density at radius 1 is 1.22 bits per heavy atom. The number of nitrogens with one attached hydrogen (secondary N) is 1. The van der Waals surface area contributed by atoms with Crippen LogP contribution in [0.4, 0.5) is 0 Å². The van der Waals surface area contributed by atoms with Crippen LogP contribution in [0.2, 0.25) is 5.02 Å². The number of hydrogen-bond acceptors (Lipinski definition) is 3. The van der Waals surface area contributed by atoms with Crippen LogP contribution < -0.4 is 11.1 Å². The van der Waals surface area contributed by atoms with E-state index in [2.05, 4.69) is 11.4 Å². The van der Waals surface area contributed by atoms with E-state index in [-0.39, 0.29) is 17.2 Å². The average molecular weight is 347 g/mol. The first-order valence-corrected chi connectivity index (χ1v) is 9.08. The summed E-state index contributed by atoms with van der Waals surface area (Å²) < 4.78 is 0. The molecule has 3 rings (SSSR count). The Hall–Kier alpha value is -1.49. The lowest BCUT2D eigenvalue weighted by Gasteiger charge is -2.16. The molecule has 23 heavy (non-hydrogen) atoms. The number of nitrogens with two attached hydrogens (primary N) is 1. The average Bonchev–Trinajstić information content (AvgIpc) is 2.76. The molecule has 0 aliphatic carbocycles. The van der Waals surface area contributed by atoms with Crippen molar-refractivity contribution < 1.29 is 4.79 Å². The lowest BCUT2D eigenvalue weighted by molar-refractivity contribution is -0.121. The Bertz CT molecular complexity index is 707. The van der Waals surface area contributed by atoms with Crippen LogP contribution in [-0.4, -0.2) is 24.2 Å². The highest BCUT2D eigenvalue weighted by atomic mass is 35.5. The van der Waals surface area contributed by atoms with Crippen LogP contribution >= 0.6 is 23.4 Å². The highest BCUT2D eigenvalue weighted by Crippen LogP contribution is 2.35. The van der Waals surface area contributed by atoms with Crippen LogP contribution in [-0.2, 0) is 4.79 Å². The van der Waals surface area contributed by atoms with Gasteiger partial charge in [-0.25, -0.2) is 0 Å². The summed E-state index contributed by atoms with van der Waals surface area (Å²) in [5.74, 6) is 0.959. The van der Waals surface area contributed by atoms with Gasteiger partial charge >= 0.3 is 0 Å². The van der Waals surface area contributed by atoms with E-state index in [1.807, 2.05) is 42.5 Å². The predicted molar refractivity (Wildman–Crippen MR) is 97.7 cm³/mol. The Morgan fingerprint density at radius 2 is 2.04 bits per heavy atom. The molecule has 3 N–H and O–H groups in total. The standard InChI is InChI=1S/C18H19ClN2OS/c19-16-7-2-1-6-15(16)12-4-3-5-13(10-12)17-18(22)21-14(11-20)8-9-23-17/h1-7,10,14,17H,8-9,11,20H2,(H,21,22)/t14-,17+/m0/s1. The molecule has 0 saturated carbocycles. The Morgan fingerprint density at radius 3 is 2.83 bits per heavy atom. The second-order valence-corrected chi connectivity index (χ2v) is 7.21. The first-order chi connectivity index (χ1) is 11.2. The highest BCUT2D eigenvalue weighted by Gasteiger charge is 2.27. The van der Waals surface area contributed by atoms with Crippen molar-refractivity contribution in [1.29, 1.82) is 0 Å². The minimum absolute atomic E-state index is 0.0410. The quantitative estimate of drug-likeness (QED) is 0.892. The largest absolute Gasteiger partial charge is 0.351 e. The van der Waals surface area contributed by atoms with Crippen LogP contribution in [0.25, 0.3) is 11.1 Å². The van der Waals surface area contributed by atoms with E-state index in [0.29, 0.717) is 11.6 Å². The fraction of sp³-hybridized carbons (Fsp3) is 0.278. The number of benzene rings is 2. The molecule has 1 saturated heterocycles. The zero-order valence-corrected chi connectivity index (χ0v) is 14.2. The number of halogens is 1. The summed E-state index contributed by atoms with van der Waals surface area (Å²) in [6.07, 6.45) is 0.910. The third kappa shape index (κ3) is 3.71. The molecule has 1 amide bonds. The molecule has 2 aromatic carbocycles.